The number of nitrogens with zero attached hydrogens (tertiary/aromatic N) is 1. The van der Waals surface area contributed by atoms with E-state index >= 15 is 0 Å². The van der Waals surface area contributed by atoms with E-state index in [1.165, 1.54) is 6.07 Å². The third-order valence-electron chi connectivity index (χ3n) is 2.72. The van der Waals surface area contributed by atoms with Gasteiger partial charge in [-0.1, -0.05) is 13.8 Å². The van der Waals surface area contributed by atoms with Crippen molar-refractivity contribution < 1.29 is 4.39 Å². The first-order chi connectivity index (χ1) is 8.49. The van der Waals surface area contributed by atoms with Gasteiger partial charge in [0.1, 0.15) is 11.6 Å². The van der Waals surface area contributed by atoms with E-state index in [9.17, 15) is 4.39 Å². The van der Waals surface area contributed by atoms with E-state index in [2.05, 4.69) is 40.0 Å². The molecule has 5 heteroatoms. The van der Waals surface area contributed by atoms with E-state index in [0.29, 0.717) is 16.2 Å². The Kier molecular flexibility index (Phi) is 3.71. The lowest BCUT2D eigenvalue weighted by molar-refractivity contribution is 0.621. The number of aromatic nitrogens is 2. The number of nitrogen functional groups attached to an aromatic ring is 1. The number of H-pyrrole nitrogens is 1. The molecule has 96 valence electrons. The predicted octanol–water partition coefficient (Wildman–Crippen LogP) is 3.76. The first kappa shape index (κ1) is 13.1. The minimum atomic E-state index is -0.281. The maximum Gasteiger partial charge on any atom is 0.149 e. The molecule has 3 N–H and O–H groups in total. The van der Waals surface area contributed by atoms with E-state index in [1.807, 2.05) is 0 Å². The summed E-state index contributed by atoms with van der Waals surface area (Å²) in [6, 6.07) is 4.87. The molecule has 0 saturated heterocycles. The zero-order chi connectivity index (χ0) is 13.3. The molecule has 18 heavy (non-hydrogen) atoms. The monoisotopic (exact) mass is 311 g/mol. The molecule has 2 aromatic rings. The van der Waals surface area contributed by atoms with Gasteiger partial charge in [-0.05, 0) is 46.5 Å². The van der Waals surface area contributed by atoms with Gasteiger partial charge >= 0.3 is 0 Å². The molecule has 0 aliphatic rings. The van der Waals surface area contributed by atoms with Crippen LogP contribution < -0.4 is 5.73 Å². The van der Waals surface area contributed by atoms with Crippen LogP contribution in [0.25, 0.3) is 11.3 Å². The molecular weight excluding hydrogens is 297 g/mol. The molecule has 1 aromatic heterocycles. The van der Waals surface area contributed by atoms with Crippen LogP contribution in [-0.4, -0.2) is 10.2 Å². The second kappa shape index (κ2) is 5.10. The molecule has 0 bridgehead atoms. The predicted molar refractivity (Wildman–Crippen MR) is 74.6 cm³/mol. The van der Waals surface area contributed by atoms with Crippen molar-refractivity contribution in [1.82, 2.24) is 10.2 Å². The molecule has 0 amide bonds. The summed E-state index contributed by atoms with van der Waals surface area (Å²) < 4.78 is 13.7. The summed E-state index contributed by atoms with van der Waals surface area (Å²) in [5, 5.41) is 6.97. The molecule has 1 aromatic carbocycles. The standard InChI is InChI=1S/C13H15BrFN3/c1-7(2)5-9-12(17-18-13(9)16)8-3-4-11(15)10(14)6-8/h3-4,6-7H,5H2,1-2H3,(H3,16,17,18). The summed E-state index contributed by atoms with van der Waals surface area (Å²) in [7, 11) is 0. The van der Waals surface area contributed by atoms with Crippen LogP contribution in [-0.2, 0) is 6.42 Å². The molecule has 0 atom stereocenters. The average molecular weight is 312 g/mol. The Labute approximate surface area is 114 Å². The van der Waals surface area contributed by atoms with Crippen molar-refractivity contribution in [3.8, 4) is 11.3 Å². The van der Waals surface area contributed by atoms with Crippen LogP contribution in [0, 0.1) is 11.7 Å². The van der Waals surface area contributed by atoms with Crippen molar-refractivity contribution >= 4 is 21.7 Å². The Morgan fingerprint density at radius 1 is 1.44 bits per heavy atom. The van der Waals surface area contributed by atoms with E-state index < -0.39 is 0 Å². The number of nitrogens with one attached hydrogen (secondary N) is 1. The normalized spacial score (nSPS) is 11.2. The number of benzene rings is 1. The topological polar surface area (TPSA) is 54.7 Å². The fourth-order valence-corrected chi connectivity index (χ4v) is 2.26. The van der Waals surface area contributed by atoms with E-state index in [-0.39, 0.29) is 5.82 Å². The molecule has 2 rings (SSSR count). The van der Waals surface area contributed by atoms with E-state index in [1.54, 1.807) is 12.1 Å². The smallest absolute Gasteiger partial charge is 0.149 e. The van der Waals surface area contributed by atoms with Crippen LogP contribution in [0.5, 0.6) is 0 Å². The maximum absolute atomic E-state index is 13.2. The lowest BCUT2D eigenvalue weighted by Gasteiger charge is -2.07. The summed E-state index contributed by atoms with van der Waals surface area (Å²) in [6.45, 7) is 4.24. The fraction of sp³-hybridized carbons (Fsp3) is 0.308. The Bertz CT molecular complexity index is 563. The SMILES string of the molecule is CC(C)Cc1c(N)n[nH]c1-c1ccc(F)c(Br)c1. The summed E-state index contributed by atoms with van der Waals surface area (Å²) in [4.78, 5) is 0. The maximum atomic E-state index is 13.2. The van der Waals surface area contributed by atoms with Gasteiger partial charge in [-0.15, -0.1) is 0 Å². The number of hydrogen-bond donors (Lipinski definition) is 2. The van der Waals surface area contributed by atoms with Gasteiger partial charge < -0.3 is 5.73 Å². The van der Waals surface area contributed by atoms with Crippen LogP contribution in [0.15, 0.2) is 22.7 Å². The summed E-state index contributed by atoms with van der Waals surface area (Å²) in [5.74, 6) is 0.711. The van der Waals surface area contributed by atoms with Crippen molar-refractivity contribution in [1.29, 1.82) is 0 Å². The molecule has 0 unspecified atom stereocenters. The van der Waals surface area contributed by atoms with Crippen LogP contribution >= 0.6 is 15.9 Å². The van der Waals surface area contributed by atoms with Crippen LogP contribution in [0.2, 0.25) is 0 Å². The van der Waals surface area contributed by atoms with Gasteiger partial charge in [0.15, 0.2) is 0 Å². The highest BCUT2D eigenvalue weighted by Crippen LogP contribution is 2.30. The van der Waals surface area contributed by atoms with Gasteiger partial charge in [-0.3, -0.25) is 5.10 Å². The number of halogens is 2. The van der Waals surface area contributed by atoms with Crippen LogP contribution in [0.1, 0.15) is 19.4 Å². The number of anilines is 1. The van der Waals surface area contributed by atoms with Crippen LogP contribution in [0.4, 0.5) is 10.2 Å². The molecule has 0 saturated carbocycles. The highest BCUT2D eigenvalue weighted by Gasteiger charge is 2.14. The van der Waals surface area contributed by atoms with Gasteiger partial charge in [0, 0.05) is 11.1 Å². The minimum absolute atomic E-state index is 0.281. The van der Waals surface area contributed by atoms with E-state index in [4.69, 9.17) is 5.73 Å². The third-order valence-corrected chi connectivity index (χ3v) is 3.33. The zero-order valence-corrected chi connectivity index (χ0v) is 11.9. The summed E-state index contributed by atoms with van der Waals surface area (Å²) >= 11 is 3.19. The highest BCUT2D eigenvalue weighted by atomic mass is 79.9. The third kappa shape index (κ3) is 2.56. The molecule has 3 nitrogen and oxygen atoms in total. The van der Waals surface area contributed by atoms with E-state index in [0.717, 1.165) is 23.2 Å². The Hall–Kier alpha value is -1.36. The average Bonchev–Trinajstić information content (AvgIpc) is 2.64. The Balaban J connectivity index is 2.47. The molecule has 0 radical (unpaired) electrons. The Morgan fingerprint density at radius 3 is 2.78 bits per heavy atom. The van der Waals surface area contributed by atoms with Crippen molar-refractivity contribution in [2.75, 3.05) is 5.73 Å². The fourth-order valence-electron chi connectivity index (χ4n) is 1.88. The van der Waals surface area contributed by atoms with Crippen molar-refractivity contribution in [2.45, 2.75) is 20.3 Å². The number of hydrogen-bond acceptors (Lipinski definition) is 2. The lowest BCUT2D eigenvalue weighted by Crippen LogP contribution is -1.99. The number of rotatable bonds is 3. The van der Waals surface area contributed by atoms with Gasteiger partial charge in [0.05, 0.1) is 10.2 Å². The first-order valence-corrected chi connectivity index (χ1v) is 6.56. The largest absolute Gasteiger partial charge is 0.382 e. The van der Waals surface area contributed by atoms with Crippen LogP contribution in [0.3, 0.4) is 0 Å². The molecular formula is C13H15BrFN3. The summed E-state index contributed by atoms with van der Waals surface area (Å²) in [5.41, 5.74) is 8.60. The van der Waals surface area contributed by atoms with Crippen molar-refractivity contribution in [2.24, 2.45) is 5.92 Å². The second-order valence-electron chi connectivity index (χ2n) is 4.69. The summed E-state index contributed by atoms with van der Waals surface area (Å²) in [6.07, 6.45) is 0.840. The van der Waals surface area contributed by atoms with Gasteiger partial charge in [0.2, 0.25) is 0 Å². The van der Waals surface area contributed by atoms with Gasteiger partial charge in [-0.2, -0.15) is 5.10 Å². The zero-order valence-electron chi connectivity index (χ0n) is 10.3. The number of aromatic amines is 1. The molecule has 0 aliphatic heterocycles. The van der Waals surface area contributed by atoms with Gasteiger partial charge in [0.25, 0.3) is 0 Å². The first-order valence-electron chi connectivity index (χ1n) is 5.77. The minimum Gasteiger partial charge on any atom is -0.382 e. The Morgan fingerprint density at radius 2 is 2.17 bits per heavy atom. The molecule has 0 aliphatic carbocycles. The molecule has 1 heterocycles. The van der Waals surface area contributed by atoms with Gasteiger partial charge in [-0.25, -0.2) is 4.39 Å². The molecule has 0 fully saturated rings. The highest BCUT2D eigenvalue weighted by molar-refractivity contribution is 9.10. The molecule has 0 spiro atoms. The van der Waals surface area contributed by atoms with Crippen molar-refractivity contribution in [3.63, 3.8) is 0 Å². The number of nitrogens with two attached hydrogens (primary N) is 1. The quantitative estimate of drug-likeness (QED) is 0.906. The van der Waals surface area contributed by atoms with Crippen molar-refractivity contribution in [3.05, 3.63) is 34.1 Å². The second-order valence-corrected chi connectivity index (χ2v) is 5.54. The lowest BCUT2D eigenvalue weighted by atomic mass is 9.99.